The first-order valence-electron chi connectivity index (χ1n) is 10.1. The highest BCUT2D eigenvalue weighted by atomic mass is 16.5. The molecule has 0 bridgehead atoms. The van der Waals surface area contributed by atoms with Gasteiger partial charge >= 0.3 is 5.97 Å². The van der Waals surface area contributed by atoms with Crippen molar-refractivity contribution >= 4 is 11.9 Å². The molecule has 0 saturated carbocycles. The van der Waals surface area contributed by atoms with Gasteiger partial charge < -0.3 is 14.4 Å². The van der Waals surface area contributed by atoms with Crippen LogP contribution in [0.5, 0.6) is 5.75 Å². The molecule has 156 valence electrons. The normalized spacial score (nSPS) is 19.0. The van der Waals surface area contributed by atoms with Crippen LogP contribution in [0.15, 0.2) is 43.0 Å². The molecule has 3 rings (SSSR count). The minimum atomic E-state index is -0.730. The zero-order valence-corrected chi connectivity index (χ0v) is 16.8. The van der Waals surface area contributed by atoms with Gasteiger partial charge in [-0.1, -0.05) is 18.2 Å². The number of esters is 1. The van der Waals surface area contributed by atoms with Crippen LogP contribution in [-0.2, 0) is 20.9 Å². The Morgan fingerprint density at radius 1 is 1.24 bits per heavy atom. The lowest BCUT2D eigenvalue weighted by Crippen LogP contribution is -2.51. The number of likely N-dealkylation sites (tertiary alicyclic amines) is 1. The van der Waals surface area contributed by atoms with Crippen LogP contribution in [0, 0.1) is 5.41 Å². The molecule has 1 aliphatic rings. The second-order valence-corrected chi connectivity index (χ2v) is 7.24. The molecule has 0 spiro atoms. The van der Waals surface area contributed by atoms with E-state index in [4.69, 9.17) is 9.47 Å². The molecule has 0 aliphatic carbocycles. The summed E-state index contributed by atoms with van der Waals surface area (Å²) in [6, 6.07) is 9.52. The van der Waals surface area contributed by atoms with E-state index < -0.39 is 5.41 Å². The minimum absolute atomic E-state index is 0.0119. The molecule has 8 nitrogen and oxygen atoms in total. The van der Waals surface area contributed by atoms with E-state index in [2.05, 4.69) is 10.1 Å². The number of para-hydroxylation sites is 1. The van der Waals surface area contributed by atoms with Crippen molar-refractivity contribution in [1.29, 1.82) is 0 Å². The SMILES string of the molecule is CCOC(=O)[C@]1(CCOc2ccccc2)CCCN(C(=O)CCn2cncn2)C1. The van der Waals surface area contributed by atoms with E-state index in [1.54, 1.807) is 22.8 Å². The molecule has 1 saturated heterocycles. The number of carbonyl (C=O) groups is 2. The predicted molar refractivity (Wildman–Crippen MR) is 106 cm³/mol. The maximum Gasteiger partial charge on any atom is 0.314 e. The number of ether oxygens (including phenoxy) is 2. The molecule has 1 fully saturated rings. The van der Waals surface area contributed by atoms with Gasteiger partial charge in [-0.15, -0.1) is 0 Å². The number of piperidine rings is 1. The highest BCUT2D eigenvalue weighted by molar-refractivity contribution is 5.80. The van der Waals surface area contributed by atoms with Crippen molar-refractivity contribution in [3.05, 3.63) is 43.0 Å². The Balaban J connectivity index is 1.62. The lowest BCUT2D eigenvalue weighted by atomic mass is 9.77. The van der Waals surface area contributed by atoms with E-state index in [-0.39, 0.29) is 11.9 Å². The fourth-order valence-electron chi connectivity index (χ4n) is 3.70. The summed E-state index contributed by atoms with van der Waals surface area (Å²) in [4.78, 5) is 31.2. The van der Waals surface area contributed by atoms with Crippen LogP contribution in [0.2, 0.25) is 0 Å². The van der Waals surface area contributed by atoms with Crippen molar-refractivity contribution in [3.8, 4) is 5.75 Å². The molecule has 1 amide bonds. The Morgan fingerprint density at radius 2 is 2.07 bits per heavy atom. The standard InChI is InChI=1S/C21H28N4O4/c1-2-28-20(27)21(11-14-29-18-7-4-3-5-8-18)10-6-12-24(15-21)19(26)9-13-25-17-22-16-23-25/h3-5,7-8,16-17H,2,6,9-15H2,1H3/t21-/m0/s1. The maximum atomic E-state index is 12.8. The topological polar surface area (TPSA) is 86.5 Å². The van der Waals surface area contributed by atoms with E-state index in [1.807, 2.05) is 30.3 Å². The van der Waals surface area contributed by atoms with Crippen LogP contribution in [-0.4, -0.2) is 57.8 Å². The first-order valence-corrected chi connectivity index (χ1v) is 10.1. The quantitative estimate of drug-likeness (QED) is 0.601. The average Bonchev–Trinajstić information content (AvgIpc) is 3.27. The van der Waals surface area contributed by atoms with Crippen molar-refractivity contribution in [2.24, 2.45) is 5.41 Å². The lowest BCUT2D eigenvalue weighted by Gasteiger charge is -2.41. The van der Waals surface area contributed by atoms with Crippen LogP contribution >= 0.6 is 0 Å². The predicted octanol–water partition coefficient (Wildman–Crippen LogP) is 2.31. The first kappa shape index (κ1) is 20.8. The van der Waals surface area contributed by atoms with Gasteiger partial charge in [-0.05, 0) is 38.3 Å². The molecule has 0 unspecified atom stereocenters. The molecule has 0 radical (unpaired) electrons. The molecule has 1 aliphatic heterocycles. The van der Waals surface area contributed by atoms with Gasteiger partial charge in [-0.25, -0.2) is 4.98 Å². The zero-order chi connectivity index (χ0) is 20.5. The minimum Gasteiger partial charge on any atom is -0.494 e. The molecular formula is C21H28N4O4. The molecule has 8 heteroatoms. The molecule has 1 aromatic heterocycles. The number of aromatic nitrogens is 3. The van der Waals surface area contributed by atoms with Crippen molar-refractivity contribution in [2.45, 2.75) is 39.2 Å². The summed E-state index contributed by atoms with van der Waals surface area (Å²) in [6.45, 7) is 4.00. The first-order chi connectivity index (χ1) is 14.1. The highest BCUT2D eigenvalue weighted by Crippen LogP contribution is 2.35. The third-order valence-corrected chi connectivity index (χ3v) is 5.25. The second-order valence-electron chi connectivity index (χ2n) is 7.24. The largest absolute Gasteiger partial charge is 0.494 e. The maximum absolute atomic E-state index is 12.8. The highest BCUT2D eigenvalue weighted by Gasteiger charge is 2.44. The lowest BCUT2D eigenvalue weighted by molar-refractivity contribution is -0.162. The van der Waals surface area contributed by atoms with Gasteiger partial charge in [0.25, 0.3) is 0 Å². The third kappa shape index (κ3) is 5.56. The van der Waals surface area contributed by atoms with E-state index in [1.165, 1.54) is 6.33 Å². The Kier molecular flexibility index (Phi) is 7.21. The van der Waals surface area contributed by atoms with Crippen molar-refractivity contribution in [3.63, 3.8) is 0 Å². The van der Waals surface area contributed by atoms with Gasteiger partial charge in [0, 0.05) is 19.5 Å². The summed E-state index contributed by atoms with van der Waals surface area (Å²) in [5, 5.41) is 4.03. The van der Waals surface area contributed by atoms with E-state index in [0.29, 0.717) is 52.1 Å². The van der Waals surface area contributed by atoms with Crippen molar-refractivity contribution < 1.29 is 19.1 Å². The summed E-state index contributed by atoms with van der Waals surface area (Å²) in [5.41, 5.74) is -0.730. The van der Waals surface area contributed by atoms with E-state index >= 15 is 0 Å². The zero-order valence-electron chi connectivity index (χ0n) is 16.8. The molecule has 29 heavy (non-hydrogen) atoms. The fraction of sp³-hybridized carbons (Fsp3) is 0.524. The molecule has 1 aromatic carbocycles. The van der Waals surface area contributed by atoms with Gasteiger partial charge in [-0.2, -0.15) is 5.10 Å². The van der Waals surface area contributed by atoms with Crippen LogP contribution in [0.4, 0.5) is 0 Å². The monoisotopic (exact) mass is 400 g/mol. The number of benzene rings is 1. The number of aryl methyl sites for hydroxylation is 1. The number of carbonyl (C=O) groups excluding carboxylic acids is 2. The van der Waals surface area contributed by atoms with Gasteiger partial charge in [0.15, 0.2) is 0 Å². The molecule has 0 N–H and O–H groups in total. The molecule has 1 atom stereocenters. The van der Waals surface area contributed by atoms with Crippen LogP contribution in [0.25, 0.3) is 0 Å². The van der Waals surface area contributed by atoms with Crippen molar-refractivity contribution in [1.82, 2.24) is 19.7 Å². The Labute approximate surface area is 170 Å². The molecule has 2 aromatic rings. The summed E-state index contributed by atoms with van der Waals surface area (Å²) in [7, 11) is 0. The number of rotatable bonds is 9. The Hall–Kier alpha value is -2.90. The second kappa shape index (κ2) is 10.0. The smallest absolute Gasteiger partial charge is 0.314 e. The van der Waals surface area contributed by atoms with Crippen LogP contribution < -0.4 is 4.74 Å². The molecular weight excluding hydrogens is 372 g/mol. The number of amides is 1. The Bertz CT molecular complexity index is 781. The van der Waals surface area contributed by atoms with E-state index in [0.717, 1.165) is 12.2 Å². The number of hydrogen-bond donors (Lipinski definition) is 0. The van der Waals surface area contributed by atoms with Gasteiger partial charge in [0.2, 0.25) is 5.91 Å². The van der Waals surface area contributed by atoms with E-state index in [9.17, 15) is 9.59 Å². The third-order valence-electron chi connectivity index (χ3n) is 5.25. The average molecular weight is 400 g/mol. The van der Waals surface area contributed by atoms with Crippen LogP contribution in [0.3, 0.4) is 0 Å². The molecule has 2 heterocycles. The van der Waals surface area contributed by atoms with Gasteiger partial charge in [0.05, 0.1) is 25.2 Å². The number of nitrogens with zero attached hydrogens (tertiary/aromatic N) is 4. The van der Waals surface area contributed by atoms with Crippen LogP contribution in [0.1, 0.15) is 32.6 Å². The summed E-state index contributed by atoms with van der Waals surface area (Å²) in [5.74, 6) is 0.534. The Morgan fingerprint density at radius 3 is 2.79 bits per heavy atom. The summed E-state index contributed by atoms with van der Waals surface area (Å²) < 4.78 is 12.8. The summed E-state index contributed by atoms with van der Waals surface area (Å²) in [6.07, 6.45) is 5.32. The van der Waals surface area contributed by atoms with Crippen molar-refractivity contribution in [2.75, 3.05) is 26.3 Å². The van der Waals surface area contributed by atoms with Gasteiger partial charge in [0.1, 0.15) is 18.4 Å². The summed E-state index contributed by atoms with van der Waals surface area (Å²) >= 11 is 0. The number of hydrogen-bond acceptors (Lipinski definition) is 6. The fourth-order valence-corrected chi connectivity index (χ4v) is 3.70. The van der Waals surface area contributed by atoms with Gasteiger partial charge in [-0.3, -0.25) is 14.3 Å².